The average molecular weight is 312 g/mol. The van der Waals surface area contributed by atoms with E-state index in [9.17, 15) is 4.79 Å². The van der Waals surface area contributed by atoms with Gasteiger partial charge in [-0.2, -0.15) is 0 Å². The molecule has 6 nitrogen and oxygen atoms in total. The lowest BCUT2D eigenvalue weighted by Crippen LogP contribution is -2.48. The number of likely N-dealkylation sites (N-methyl/N-ethyl adjacent to an activating group) is 1. The highest BCUT2D eigenvalue weighted by Gasteiger charge is 2.21. The van der Waals surface area contributed by atoms with E-state index in [2.05, 4.69) is 21.8 Å². The largest absolute Gasteiger partial charge is 0.424 e. The van der Waals surface area contributed by atoms with Gasteiger partial charge in [0.2, 0.25) is 0 Å². The molecule has 0 aliphatic carbocycles. The number of carbonyl (C=O) groups is 1. The molecule has 6 heteroatoms. The fraction of sp³-hybridized carbons (Fsp3) is 0.353. The van der Waals surface area contributed by atoms with Crippen LogP contribution in [0.2, 0.25) is 0 Å². The summed E-state index contributed by atoms with van der Waals surface area (Å²) in [7, 11) is 0. The molecule has 3 rings (SSSR count). The van der Waals surface area contributed by atoms with Crippen molar-refractivity contribution in [3.05, 3.63) is 48.3 Å². The van der Waals surface area contributed by atoms with Crippen LogP contribution in [0.5, 0.6) is 11.8 Å². The van der Waals surface area contributed by atoms with E-state index in [1.165, 1.54) is 0 Å². The number of amides is 1. The quantitative estimate of drug-likeness (QED) is 0.865. The zero-order valence-electron chi connectivity index (χ0n) is 13.2. The molecule has 1 aromatic heterocycles. The number of nitrogens with zero attached hydrogens (tertiary/aromatic N) is 4. The van der Waals surface area contributed by atoms with Gasteiger partial charge in [-0.05, 0) is 36.9 Å². The summed E-state index contributed by atoms with van der Waals surface area (Å²) in [5, 5.41) is 0. The van der Waals surface area contributed by atoms with Crippen molar-refractivity contribution >= 4 is 5.91 Å². The third-order valence-electron chi connectivity index (χ3n) is 3.96. The Bertz CT molecular complexity index is 637. The van der Waals surface area contributed by atoms with Crippen LogP contribution in [0.4, 0.5) is 0 Å². The zero-order valence-corrected chi connectivity index (χ0v) is 13.2. The molecule has 0 atom stereocenters. The van der Waals surface area contributed by atoms with Crippen molar-refractivity contribution in [2.75, 3.05) is 32.7 Å². The van der Waals surface area contributed by atoms with E-state index >= 15 is 0 Å². The first-order valence-electron chi connectivity index (χ1n) is 7.83. The summed E-state index contributed by atoms with van der Waals surface area (Å²) in [5.74, 6) is 0.687. The zero-order chi connectivity index (χ0) is 16.1. The standard InChI is InChI=1S/C17H20N4O2/c1-2-20-10-12-21(13-11-20)16(22)14-4-6-15(7-5-14)23-17-18-8-3-9-19-17/h3-9H,2,10-13H2,1H3. The predicted octanol–water partition coefficient (Wildman–Crippen LogP) is 2.05. The Labute approximate surface area is 135 Å². The van der Waals surface area contributed by atoms with Crippen LogP contribution in [0.1, 0.15) is 17.3 Å². The summed E-state index contributed by atoms with van der Waals surface area (Å²) >= 11 is 0. The highest BCUT2D eigenvalue weighted by Crippen LogP contribution is 2.18. The minimum atomic E-state index is 0.0725. The van der Waals surface area contributed by atoms with Gasteiger partial charge in [0.1, 0.15) is 5.75 Å². The molecule has 2 heterocycles. The second-order valence-electron chi connectivity index (χ2n) is 5.38. The van der Waals surface area contributed by atoms with Crippen LogP contribution in [0.25, 0.3) is 0 Å². The molecule has 1 aliphatic rings. The highest BCUT2D eigenvalue weighted by molar-refractivity contribution is 5.94. The first-order valence-corrected chi connectivity index (χ1v) is 7.83. The maximum absolute atomic E-state index is 12.5. The Hall–Kier alpha value is -2.47. The number of carbonyl (C=O) groups excluding carboxylic acids is 1. The Kier molecular flexibility index (Phi) is 4.83. The van der Waals surface area contributed by atoms with E-state index in [0.29, 0.717) is 17.3 Å². The summed E-state index contributed by atoms with van der Waals surface area (Å²) in [6, 6.07) is 9.13. The first kappa shape index (κ1) is 15.4. The number of benzene rings is 1. The van der Waals surface area contributed by atoms with Gasteiger partial charge in [0, 0.05) is 44.1 Å². The molecule has 0 unspecified atom stereocenters. The summed E-state index contributed by atoms with van der Waals surface area (Å²) in [6.07, 6.45) is 3.24. The van der Waals surface area contributed by atoms with E-state index in [0.717, 1.165) is 32.7 Å². The lowest BCUT2D eigenvalue weighted by molar-refractivity contribution is 0.0643. The Morgan fingerprint density at radius 2 is 1.74 bits per heavy atom. The van der Waals surface area contributed by atoms with E-state index < -0.39 is 0 Å². The van der Waals surface area contributed by atoms with Crippen molar-refractivity contribution in [3.8, 4) is 11.8 Å². The first-order chi connectivity index (χ1) is 11.3. The van der Waals surface area contributed by atoms with Crippen molar-refractivity contribution in [1.82, 2.24) is 19.8 Å². The molecule has 1 saturated heterocycles. The number of piperazine rings is 1. The van der Waals surface area contributed by atoms with Crippen LogP contribution in [-0.2, 0) is 0 Å². The maximum atomic E-state index is 12.5. The molecule has 1 fully saturated rings. The van der Waals surface area contributed by atoms with Gasteiger partial charge in [-0.25, -0.2) is 9.97 Å². The predicted molar refractivity (Wildman–Crippen MR) is 86.6 cm³/mol. The normalized spacial score (nSPS) is 15.4. The van der Waals surface area contributed by atoms with Crippen LogP contribution in [0.15, 0.2) is 42.7 Å². The molecule has 23 heavy (non-hydrogen) atoms. The second-order valence-corrected chi connectivity index (χ2v) is 5.38. The monoisotopic (exact) mass is 312 g/mol. The molecule has 1 aliphatic heterocycles. The van der Waals surface area contributed by atoms with Crippen LogP contribution in [0, 0.1) is 0 Å². The number of ether oxygens (including phenoxy) is 1. The van der Waals surface area contributed by atoms with Gasteiger partial charge in [-0.15, -0.1) is 0 Å². The van der Waals surface area contributed by atoms with E-state index in [1.807, 2.05) is 4.90 Å². The van der Waals surface area contributed by atoms with E-state index in [-0.39, 0.29) is 5.91 Å². The Morgan fingerprint density at radius 3 is 2.35 bits per heavy atom. The van der Waals surface area contributed by atoms with Gasteiger partial charge >= 0.3 is 6.01 Å². The van der Waals surface area contributed by atoms with Gasteiger partial charge in [-0.1, -0.05) is 6.92 Å². The summed E-state index contributed by atoms with van der Waals surface area (Å²) in [5.41, 5.74) is 0.677. The molecule has 0 spiro atoms. The maximum Gasteiger partial charge on any atom is 0.321 e. The molecular weight excluding hydrogens is 292 g/mol. The second kappa shape index (κ2) is 7.19. The lowest BCUT2D eigenvalue weighted by atomic mass is 10.1. The Balaban J connectivity index is 1.62. The van der Waals surface area contributed by atoms with E-state index in [4.69, 9.17) is 4.74 Å². The lowest BCUT2D eigenvalue weighted by Gasteiger charge is -2.34. The van der Waals surface area contributed by atoms with Crippen LogP contribution in [-0.4, -0.2) is 58.4 Å². The molecular formula is C17H20N4O2. The topological polar surface area (TPSA) is 58.6 Å². The van der Waals surface area contributed by atoms with E-state index in [1.54, 1.807) is 42.7 Å². The van der Waals surface area contributed by atoms with Crippen molar-refractivity contribution in [2.45, 2.75) is 6.92 Å². The molecule has 0 saturated carbocycles. The van der Waals surface area contributed by atoms with Gasteiger partial charge in [0.25, 0.3) is 5.91 Å². The summed E-state index contributed by atoms with van der Waals surface area (Å²) in [6.45, 7) is 6.62. The minimum absolute atomic E-state index is 0.0725. The SMILES string of the molecule is CCN1CCN(C(=O)c2ccc(Oc3ncccn3)cc2)CC1. The van der Waals surface area contributed by atoms with Crippen molar-refractivity contribution in [3.63, 3.8) is 0 Å². The molecule has 1 aromatic carbocycles. The summed E-state index contributed by atoms with van der Waals surface area (Å²) in [4.78, 5) is 24.8. The Morgan fingerprint density at radius 1 is 1.09 bits per heavy atom. The van der Waals surface area contributed by atoms with Gasteiger partial charge < -0.3 is 14.5 Å². The fourth-order valence-corrected chi connectivity index (χ4v) is 2.56. The fourth-order valence-electron chi connectivity index (χ4n) is 2.56. The molecule has 0 radical (unpaired) electrons. The smallest absolute Gasteiger partial charge is 0.321 e. The van der Waals surface area contributed by atoms with Crippen LogP contribution >= 0.6 is 0 Å². The van der Waals surface area contributed by atoms with Crippen LogP contribution in [0.3, 0.4) is 0 Å². The molecule has 0 N–H and O–H groups in total. The number of hydrogen-bond acceptors (Lipinski definition) is 5. The van der Waals surface area contributed by atoms with Crippen molar-refractivity contribution < 1.29 is 9.53 Å². The number of aromatic nitrogens is 2. The summed E-state index contributed by atoms with van der Waals surface area (Å²) < 4.78 is 5.53. The third kappa shape index (κ3) is 3.84. The van der Waals surface area contributed by atoms with Crippen molar-refractivity contribution in [2.24, 2.45) is 0 Å². The van der Waals surface area contributed by atoms with Gasteiger partial charge in [0.15, 0.2) is 0 Å². The highest BCUT2D eigenvalue weighted by atomic mass is 16.5. The number of hydrogen-bond donors (Lipinski definition) is 0. The third-order valence-corrected chi connectivity index (χ3v) is 3.96. The molecule has 2 aromatic rings. The van der Waals surface area contributed by atoms with Gasteiger partial charge in [0.05, 0.1) is 0 Å². The number of rotatable bonds is 4. The van der Waals surface area contributed by atoms with Gasteiger partial charge in [-0.3, -0.25) is 4.79 Å². The average Bonchev–Trinajstić information content (AvgIpc) is 2.63. The minimum Gasteiger partial charge on any atom is -0.424 e. The molecule has 0 bridgehead atoms. The van der Waals surface area contributed by atoms with Crippen LogP contribution < -0.4 is 4.74 Å². The van der Waals surface area contributed by atoms with Crippen molar-refractivity contribution in [1.29, 1.82) is 0 Å². The molecule has 1 amide bonds. The molecule has 120 valence electrons.